The van der Waals surface area contributed by atoms with Crippen LogP contribution in [0.1, 0.15) is 36.8 Å². The lowest BCUT2D eigenvalue weighted by Crippen LogP contribution is -3.13. The highest BCUT2D eigenvalue weighted by atomic mass is 35.5. The second-order valence-corrected chi connectivity index (χ2v) is 6.34. The van der Waals surface area contributed by atoms with Gasteiger partial charge in [0.25, 0.3) is 0 Å². The van der Waals surface area contributed by atoms with E-state index >= 15 is 0 Å². The fraction of sp³-hybridized carbons (Fsp3) is 0.556. The SMILES string of the molecule is C#CC[NH+]1Cc2cc(OC)c(OC)cc2C2(CCCC2)C1.[Cl-]. The fourth-order valence-electron chi connectivity index (χ4n) is 4.23. The van der Waals surface area contributed by atoms with Gasteiger partial charge in [0.2, 0.25) is 0 Å². The Bertz CT molecular complexity index is 573. The van der Waals surface area contributed by atoms with Crippen molar-refractivity contribution >= 4 is 0 Å². The molecule has 0 amide bonds. The predicted octanol–water partition coefficient (Wildman–Crippen LogP) is -1.45. The van der Waals surface area contributed by atoms with Crippen LogP contribution in [0, 0.1) is 12.3 Å². The normalized spacial score (nSPS) is 21.6. The Kier molecular flexibility index (Phi) is 5.26. The first kappa shape index (κ1) is 17.0. The maximum Gasteiger partial charge on any atom is 0.161 e. The zero-order valence-corrected chi connectivity index (χ0v) is 14.1. The molecule has 1 heterocycles. The first-order chi connectivity index (χ1) is 10.2. The highest BCUT2D eigenvalue weighted by Crippen LogP contribution is 2.45. The van der Waals surface area contributed by atoms with Crippen molar-refractivity contribution in [3.63, 3.8) is 0 Å². The quantitative estimate of drug-likeness (QED) is 0.689. The fourth-order valence-corrected chi connectivity index (χ4v) is 4.23. The maximum absolute atomic E-state index is 5.55. The summed E-state index contributed by atoms with van der Waals surface area (Å²) < 4.78 is 11.0. The molecule has 1 saturated carbocycles. The van der Waals surface area contributed by atoms with Crippen molar-refractivity contribution in [3.05, 3.63) is 23.3 Å². The zero-order valence-electron chi connectivity index (χ0n) is 13.4. The van der Waals surface area contributed by atoms with Gasteiger partial charge in [0.15, 0.2) is 11.5 Å². The Morgan fingerprint density at radius 1 is 1.18 bits per heavy atom. The molecule has 1 spiro atoms. The molecule has 3 rings (SSSR count). The number of hydrogen-bond donors (Lipinski definition) is 1. The summed E-state index contributed by atoms with van der Waals surface area (Å²) in [6.07, 6.45) is 10.7. The third kappa shape index (κ3) is 2.78. The van der Waals surface area contributed by atoms with Crippen LogP contribution in [0.2, 0.25) is 0 Å². The molecule has 1 unspecified atom stereocenters. The van der Waals surface area contributed by atoms with Crippen LogP contribution in [0.25, 0.3) is 0 Å². The van der Waals surface area contributed by atoms with Crippen molar-refractivity contribution in [2.24, 2.45) is 0 Å². The summed E-state index contributed by atoms with van der Waals surface area (Å²) in [5, 5.41) is 0. The number of hydrogen-bond acceptors (Lipinski definition) is 2. The van der Waals surface area contributed by atoms with Crippen LogP contribution in [-0.2, 0) is 12.0 Å². The third-order valence-corrected chi connectivity index (χ3v) is 5.12. The molecule has 0 saturated heterocycles. The topological polar surface area (TPSA) is 22.9 Å². The van der Waals surface area contributed by atoms with Crippen LogP contribution in [0.15, 0.2) is 12.1 Å². The Hall–Kier alpha value is -1.37. The van der Waals surface area contributed by atoms with Crippen LogP contribution >= 0.6 is 0 Å². The third-order valence-electron chi connectivity index (χ3n) is 5.12. The number of benzene rings is 1. The van der Waals surface area contributed by atoms with Gasteiger partial charge in [0, 0.05) is 11.0 Å². The minimum atomic E-state index is 0. The summed E-state index contributed by atoms with van der Waals surface area (Å²) >= 11 is 0. The number of nitrogens with one attached hydrogen (secondary N) is 1. The van der Waals surface area contributed by atoms with Gasteiger partial charge in [-0.2, -0.15) is 0 Å². The van der Waals surface area contributed by atoms with E-state index in [1.54, 1.807) is 14.2 Å². The number of terminal acetylenes is 1. The second-order valence-electron chi connectivity index (χ2n) is 6.34. The number of methoxy groups -OCH3 is 2. The van der Waals surface area contributed by atoms with Gasteiger partial charge >= 0.3 is 0 Å². The summed E-state index contributed by atoms with van der Waals surface area (Å²) in [5.74, 6) is 4.51. The molecule has 1 aliphatic carbocycles. The van der Waals surface area contributed by atoms with E-state index in [9.17, 15) is 0 Å². The van der Waals surface area contributed by atoms with E-state index in [4.69, 9.17) is 15.9 Å². The van der Waals surface area contributed by atoms with E-state index in [-0.39, 0.29) is 12.4 Å². The summed E-state index contributed by atoms with van der Waals surface area (Å²) in [5.41, 5.74) is 3.14. The van der Waals surface area contributed by atoms with Crippen LogP contribution in [0.4, 0.5) is 0 Å². The van der Waals surface area contributed by atoms with Crippen molar-refractivity contribution < 1.29 is 26.8 Å². The van der Waals surface area contributed by atoms with E-state index in [0.717, 1.165) is 31.1 Å². The molecule has 3 nitrogen and oxygen atoms in total. The molecule has 0 radical (unpaired) electrons. The lowest BCUT2D eigenvalue weighted by Gasteiger charge is -2.39. The lowest BCUT2D eigenvalue weighted by atomic mass is 9.73. The van der Waals surface area contributed by atoms with Gasteiger partial charge in [0.05, 0.1) is 20.8 Å². The molecule has 1 N–H and O–H groups in total. The number of quaternary nitrogens is 1. The largest absolute Gasteiger partial charge is 1.00 e. The van der Waals surface area contributed by atoms with E-state index in [2.05, 4.69) is 18.1 Å². The van der Waals surface area contributed by atoms with Gasteiger partial charge in [-0.25, -0.2) is 0 Å². The molecule has 1 aromatic rings. The Morgan fingerprint density at radius 3 is 2.41 bits per heavy atom. The van der Waals surface area contributed by atoms with Gasteiger partial charge in [-0.15, -0.1) is 6.42 Å². The highest BCUT2D eigenvalue weighted by molar-refractivity contribution is 5.50. The molecule has 0 aromatic heterocycles. The van der Waals surface area contributed by atoms with Gasteiger partial charge in [-0.05, 0) is 36.5 Å². The molecule has 1 aliphatic heterocycles. The number of rotatable bonds is 3. The van der Waals surface area contributed by atoms with Gasteiger partial charge < -0.3 is 26.8 Å². The van der Waals surface area contributed by atoms with Crippen molar-refractivity contribution in [1.29, 1.82) is 0 Å². The van der Waals surface area contributed by atoms with Gasteiger partial charge in [0.1, 0.15) is 13.1 Å². The minimum Gasteiger partial charge on any atom is -1.00 e. The van der Waals surface area contributed by atoms with E-state index in [1.807, 2.05) is 0 Å². The molecule has 1 atom stereocenters. The zero-order chi connectivity index (χ0) is 14.9. The van der Waals surface area contributed by atoms with Crippen molar-refractivity contribution in [2.45, 2.75) is 37.6 Å². The molecular formula is C18H24ClNO2. The standard InChI is InChI=1S/C18H23NO2.ClH/c1-4-9-19-12-14-10-16(20-2)17(21-3)11-15(14)18(13-19)7-5-6-8-18;/h1,10-11H,5-9,12-13H2,2-3H3;1H. The summed E-state index contributed by atoms with van der Waals surface area (Å²) in [6.45, 7) is 2.94. The van der Waals surface area contributed by atoms with Gasteiger partial charge in [-0.3, -0.25) is 0 Å². The molecule has 120 valence electrons. The van der Waals surface area contributed by atoms with Crippen LogP contribution in [-0.4, -0.2) is 27.3 Å². The van der Waals surface area contributed by atoms with Crippen LogP contribution in [0.5, 0.6) is 11.5 Å². The maximum atomic E-state index is 5.55. The van der Waals surface area contributed by atoms with Crippen molar-refractivity contribution in [3.8, 4) is 23.8 Å². The Balaban J connectivity index is 0.00000176. The average Bonchev–Trinajstić information content (AvgIpc) is 2.95. The minimum absolute atomic E-state index is 0. The molecule has 1 aromatic carbocycles. The van der Waals surface area contributed by atoms with E-state index in [1.165, 1.54) is 41.7 Å². The highest BCUT2D eigenvalue weighted by Gasteiger charge is 2.44. The summed E-state index contributed by atoms with van der Waals surface area (Å²) in [7, 11) is 3.41. The number of ether oxygens (including phenoxy) is 2. The monoisotopic (exact) mass is 321 g/mol. The lowest BCUT2D eigenvalue weighted by molar-refractivity contribution is -0.913. The van der Waals surface area contributed by atoms with Crippen LogP contribution < -0.4 is 26.8 Å². The number of fused-ring (bicyclic) bond motifs is 2. The first-order valence-electron chi connectivity index (χ1n) is 7.75. The molecule has 22 heavy (non-hydrogen) atoms. The van der Waals surface area contributed by atoms with Crippen LogP contribution in [0.3, 0.4) is 0 Å². The smallest absolute Gasteiger partial charge is 0.161 e. The average molecular weight is 322 g/mol. The summed E-state index contributed by atoms with van der Waals surface area (Å²) in [4.78, 5) is 1.50. The molecule has 0 bridgehead atoms. The summed E-state index contributed by atoms with van der Waals surface area (Å²) in [6, 6.07) is 4.37. The van der Waals surface area contributed by atoms with Gasteiger partial charge in [-0.1, -0.05) is 12.8 Å². The first-order valence-corrected chi connectivity index (χ1v) is 7.75. The molecular weight excluding hydrogens is 298 g/mol. The van der Waals surface area contributed by atoms with Crippen molar-refractivity contribution in [2.75, 3.05) is 27.3 Å². The second kappa shape index (κ2) is 6.81. The number of halogens is 1. The predicted molar refractivity (Wildman–Crippen MR) is 82.9 cm³/mol. The Labute approximate surface area is 139 Å². The molecule has 4 heteroatoms. The van der Waals surface area contributed by atoms with E-state index < -0.39 is 0 Å². The molecule has 1 fully saturated rings. The molecule has 2 aliphatic rings. The van der Waals surface area contributed by atoms with E-state index in [0.29, 0.717) is 5.41 Å². The Morgan fingerprint density at radius 2 is 1.82 bits per heavy atom. The van der Waals surface area contributed by atoms with Crippen molar-refractivity contribution in [1.82, 2.24) is 0 Å².